The molecule has 0 heterocycles. The minimum atomic E-state index is -1.13. The number of carbonyl (C=O) groups excluding carboxylic acids is 3. The van der Waals surface area contributed by atoms with Crippen LogP contribution in [0.2, 0.25) is 0 Å². The van der Waals surface area contributed by atoms with Crippen molar-refractivity contribution in [3.63, 3.8) is 0 Å². The van der Waals surface area contributed by atoms with Gasteiger partial charge in [-0.15, -0.1) is 0 Å². The SMILES string of the molecule is CC(C)(C)OC(=O)NCCC(=O)NCCNC(=O)C(Cl)Cl. The second-order valence-corrected chi connectivity index (χ2v) is 6.22. The van der Waals surface area contributed by atoms with Crippen molar-refractivity contribution in [1.82, 2.24) is 16.0 Å². The van der Waals surface area contributed by atoms with Crippen LogP contribution in [0.5, 0.6) is 0 Å². The third kappa shape index (κ3) is 12.3. The number of alkyl carbamates (subject to hydrolysis) is 1. The van der Waals surface area contributed by atoms with Gasteiger partial charge in [-0.2, -0.15) is 0 Å². The van der Waals surface area contributed by atoms with E-state index in [1.54, 1.807) is 20.8 Å². The number of rotatable bonds is 7. The Morgan fingerprint density at radius 3 is 2.10 bits per heavy atom. The zero-order chi connectivity index (χ0) is 16.5. The van der Waals surface area contributed by atoms with E-state index in [0.717, 1.165) is 0 Å². The van der Waals surface area contributed by atoms with E-state index in [9.17, 15) is 14.4 Å². The predicted octanol–water partition coefficient (Wildman–Crippen LogP) is 0.937. The number of hydrogen-bond donors (Lipinski definition) is 3. The van der Waals surface area contributed by atoms with Crippen LogP contribution in [0.25, 0.3) is 0 Å². The normalized spacial score (nSPS) is 11.0. The Hall–Kier alpha value is -1.21. The second-order valence-electron chi connectivity index (χ2n) is 5.12. The van der Waals surface area contributed by atoms with E-state index in [4.69, 9.17) is 27.9 Å². The maximum atomic E-state index is 11.4. The van der Waals surface area contributed by atoms with E-state index in [2.05, 4.69) is 16.0 Å². The van der Waals surface area contributed by atoms with E-state index in [-0.39, 0.29) is 32.0 Å². The maximum absolute atomic E-state index is 11.4. The van der Waals surface area contributed by atoms with E-state index >= 15 is 0 Å². The van der Waals surface area contributed by atoms with Crippen molar-refractivity contribution in [2.24, 2.45) is 0 Å². The van der Waals surface area contributed by atoms with Crippen LogP contribution in [-0.4, -0.2) is 48.0 Å². The fourth-order valence-corrected chi connectivity index (χ4v) is 1.30. The third-order valence-electron chi connectivity index (χ3n) is 1.96. The van der Waals surface area contributed by atoms with Gasteiger partial charge in [0, 0.05) is 26.1 Å². The maximum Gasteiger partial charge on any atom is 0.407 e. The zero-order valence-electron chi connectivity index (χ0n) is 12.3. The summed E-state index contributed by atoms with van der Waals surface area (Å²) < 4.78 is 5.01. The first-order valence-electron chi connectivity index (χ1n) is 6.41. The molecule has 0 aromatic rings. The number of alkyl halides is 2. The molecule has 0 aromatic heterocycles. The lowest BCUT2D eigenvalue weighted by atomic mass is 10.2. The highest BCUT2D eigenvalue weighted by atomic mass is 35.5. The van der Waals surface area contributed by atoms with E-state index in [1.165, 1.54) is 0 Å². The number of amides is 3. The predicted molar refractivity (Wildman–Crippen MR) is 80.4 cm³/mol. The average molecular weight is 342 g/mol. The molecule has 0 saturated carbocycles. The highest BCUT2D eigenvalue weighted by molar-refractivity contribution is 6.53. The van der Waals surface area contributed by atoms with Gasteiger partial charge in [-0.25, -0.2) is 4.79 Å². The summed E-state index contributed by atoms with van der Waals surface area (Å²) in [4.78, 5) is 32.6. The van der Waals surface area contributed by atoms with Crippen molar-refractivity contribution in [1.29, 1.82) is 0 Å². The van der Waals surface area contributed by atoms with Gasteiger partial charge in [-0.3, -0.25) is 9.59 Å². The summed E-state index contributed by atoms with van der Waals surface area (Å²) in [5.74, 6) is -0.771. The van der Waals surface area contributed by atoms with Gasteiger partial charge in [0.1, 0.15) is 5.60 Å². The minimum Gasteiger partial charge on any atom is -0.444 e. The quantitative estimate of drug-likeness (QED) is 0.474. The Morgan fingerprint density at radius 1 is 1.00 bits per heavy atom. The van der Waals surface area contributed by atoms with Gasteiger partial charge in [0.2, 0.25) is 5.91 Å². The zero-order valence-corrected chi connectivity index (χ0v) is 13.8. The first-order valence-corrected chi connectivity index (χ1v) is 7.28. The molecule has 0 aromatic carbocycles. The van der Waals surface area contributed by atoms with Crippen LogP contribution in [0, 0.1) is 0 Å². The van der Waals surface area contributed by atoms with Crippen LogP contribution >= 0.6 is 23.2 Å². The molecule has 9 heteroatoms. The van der Waals surface area contributed by atoms with Crippen molar-refractivity contribution >= 4 is 41.1 Å². The molecule has 0 rings (SSSR count). The second kappa shape index (κ2) is 9.68. The number of ether oxygens (including phenoxy) is 1. The van der Waals surface area contributed by atoms with Crippen molar-refractivity contribution < 1.29 is 19.1 Å². The van der Waals surface area contributed by atoms with Crippen LogP contribution < -0.4 is 16.0 Å². The van der Waals surface area contributed by atoms with Gasteiger partial charge in [-0.05, 0) is 20.8 Å². The Labute approximate surface area is 134 Å². The molecule has 0 spiro atoms. The molecule has 0 aliphatic carbocycles. The van der Waals surface area contributed by atoms with Crippen molar-refractivity contribution in [2.45, 2.75) is 37.6 Å². The molecule has 21 heavy (non-hydrogen) atoms. The van der Waals surface area contributed by atoms with E-state index in [1.807, 2.05) is 0 Å². The monoisotopic (exact) mass is 341 g/mol. The topological polar surface area (TPSA) is 96.5 Å². The molecule has 3 N–H and O–H groups in total. The summed E-state index contributed by atoms with van der Waals surface area (Å²) in [5, 5.41) is 7.46. The lowest BCUT2D eigenvalue weighted by Crippen LogP contribution is -2.38. The first-order chi connectivity index (χ1) is 9.61. The Kier molecular flexibility index (Phi) is 9.12. The molecule has 0 aliphatic heterocycles. The molecule has 0 bridgehead atoms. The van der Waals surface area contributed by atoms with Gasteiger partial charge in [-0.1, -0.05) is 23.2 Å². The number of halogens is 2. The Balaban J connectivity index is 3.64. The standard InChI is InChI=1S/C12H21Cl2N3O4/c1-12(2,3)21-11(20)17-5-4-8(18)15-6-7-16-10(19)9(13)14/h9H,4-7H2,1-3H3,(H,15,18)(H,16,19)(H,17,20). The molecule has 0 atom stereocenters. The lowest BCUT2D eigenvalue weighted by Gasteiger charge is -2.19. The molecule has 0 aliphatic rings. The van der Waals surface area contributed by atoms with Crippen molar-refractivity contribution in [2.75, 3.05) is 19.6 Å². The number of carbonyl (C=O) groups is 3. The lowest BCUT2D eigenvalue weighted by molar-refractivity contribution is -0.122. The summed E-state index contributed by atoms with van der Waals surface area (Å²) in [6.07, 6.45) is -0.460. The molecule has 0 unspecified atom stereocenters. The average Bonchev–Trinajstić information content (AvgIpc) is 2.31. The summed E-state index contributed by atoms with van der Waals surface area (Å²) >= 11 is 10.7. The largest absolute Gasteiger partial charge is 0.444 e. The van der Waals surface area contributed by atoms with Gasteiger partial charge < -0.3 is 20.7 Å². The Bertz CT molecular complexity index is 370. The van der Waals surface area contributed by atoms with Crippen molar-refractivity contribution in [3.8, 4) is 0 Å². The molecule has 122 valence electrons. The fourth-order valence-electron chi connectivity index (χ4n) is 1.15. The number of hydrogen-bond acceptors (Lipinski definition) is 4. The van der Waals surface area contributed by atoms with Crippen LogP contribution in [0.15, 0.2) is 0 Å². The molecule has 0 saturated heterocycles. The molecule has 7 nitrogen and oxygen atoms in total. The summed E-state index contributed by atoms with van der Waals surface area (Å²) in [5.41, 5.74) is -0.576. The molecule has 0 radical (unpaired) electrons. The van der Waals surface area contributed by atoms with E-state index in [0.29, 0.717) is 0 Å². The third-order valence-corrected chi connectivity index (χ3v) is 2.36. The summed E-state index contributed by atoms with van der Waals surface area (Å²) in [7, 11) is 0. The first kappa shape index (κ1) is 19.8. The van der Waals surface area contributed by atoms with Crippen LogP contribution in [-0.2, 0) is 14.3 Å². The summed E-state index contributed by atoms with van der Waals surface area (Å²) in [6, 6.07) is 0. The molecular weight excluding hydrogens is 321 g/mol. The van der Waals surface area contributed by atoms with E-state index < -0.39 is 22.4 Å². The molecule has 3 amide bonds. The van der Waals surface area contributed by atoms with Crippen LogP contribution in [0.4, 0.5) is 4.79 Å². The van der Waals surface area contributed by atoms with Gasteiger partial charge in [0.15, 0.2) is 4.84 Å². The Morgan fingerprint density at radius 2 is 1.57 bits per heavy atom. The van der Waals surface area contributed by atoms with Crippen LogP contribution in [0.3, 0.4) is 0 Å². The minimum absolute atomic E-state index is 0.112. The van der Waals surface area contributed by atoms with Crippen molar-refractivity contribution in [3.05, 3.63) is 0 Å². The van der Waals surface area contributed by atoms with Gasteiger partial charge >= 0.3 is 6.09 Å². The van der Waals surface area contributed by atoms with Gasteiger partial charge in [0.25, 0.3) is 5.91 Å². The molecule has 0 fully saturated rings. The summed E-state index contributed by atoms with van der Waals surface area (Å²) in [6.45, 7) is 5.88. The fraction of sp³-hybridized carbons (Fsp3) is 0.750. The highest BCUT2D eigenvalue weighted by Crippen LogP contribution is 2.06. The van der Waals surface area contributed by atoms with Crippen LogP contribution in [0.1, 0.15) is 27.2 Å². The highest BCUT2D eigenvalue weighted by Gasteiger charge is 2.15. The molecular formula is C12H21Cl2N3O4. The number of nitrogens with one attached hydrogen (secondary N) is 3. The van der Waals surface area contributed by atoms with Gasteiger partial charge in [0.05, 0.1) is 0 Å². The smallest absolute Gasteiger partial charge is 0.407 e.